The molecule has 0 bridgehead atoms. The van der Waals surface area contributed by atoms with Crippen LogP contribution in [-0.2, 0) is 9.53 Å². The number of ether oxygens (including phenoxy) is 2. The van der Waals surface area contributed by atoms with Crippen LogP contribution in [0.3, 0.4) is 0 Å². The molecule has 3 atom stereocenters. The summed E-state index contributed by atoms with van der Waals surface area (Å²) in [6.45, 7) is 7.94. The Hall–Kier alpha value is -2.19. The van der Waals surface area contributed by atoms with E-state index in [1.165, 1.54) is 0 Å². The van der Waals surface area contributed by atoms with Gasteiger partial charge in [-0.3, -0.25) is 0 Å². The Labute approximate surface area is 204 Å². The van der Waals surface area contributed by atoms with Crippen LogP contribution in [0.15, 0.2) is 34.9 Å². The van der Waals surface area contributed by atoms with Gasteiger partial charge in [-0.25, -0.2) is 4.98 Å². The summed E-state index contributed by atoms with van der Waals surface area (Å²) < 4.78 is 12.7. The Balaban J connectivity index is 1.36. The lowest BCUT2D eigenvalue weighted by molar-refractivity contribution is -0.117. The van der Waals surface area contributed by atoms with Crippen molar-refractivity contribution >= 4 is 33.5 Å². The van der Waals surface area contributed by atoms with Crippen molar-refractivity contribution in [3.05, 3.63) is 40.5 Å². The largest absolute Gasteiger partial charge is 0.489 e. The van der Waals surface area contributed by atoms with Crippen LogP contribution in [0.5, 0.6) is 5.75 Å². The van der Waals surface area contributed by atoms with Gasteiger partial charge in [-0.15, -0.1) is 0 Å². The first-order chi connectivity index (χ1) is 15.9. The van der Waals surface area contributed by atoms with Crippen molar-refractivity contribution in [2.24, 2.45) is 5.92 Å². The van der Waals surface area contributed by atoms with Gasteiger partial charge < -0.3 is 24.1 Å². The molecule has 2 fully saturated rings. The molecule has 178 valence electrons. The van der Waals surface area contributed by atoms with Gasteiger partial charge in [-0.1, -0.05) is 19.1 Å². The van der Waals surface area contributed by atoms with E-state index in [1.807, 2.05) is 25.4 Å². The predicted octanol–water partition coefficient (Wildman–Crippen LogP) is 4.45. The van der Waals surface area contributed by atoms with E-state index in [-0.39, 0.29) is 17.8 Å². The van der Waals surface area contributed by atoms with Crippen molar-refractivity contribution in [2.45, 2.75) is 45.1 Å². The molecule has 1 aromatic carbocycles. The fourth-order valence-corrected chi connectivity index (χ4v) is 5.03. The molecule has 2 saturated heterocycles. The first kappa shape index (κ1) is 24.0. The summed E-state index contributed by atoms with van der Waals surface area (Å²) in [5.41, 5.74) is 1.16. The van der Waals surface area contributed by atoms with Crippen molar-refractivity contribution in [1.29, 1.82) is 0 Å². The van der Waals surface area contributed by atoms with Crippen LogP contribution in [0.25, 0.3) is 0 Å². The summed E-state index contributed by atoms with van der Waals surface area (Å²) in [6.07, 6.45) is 4.54. The Bertz CT molecular complexity index is 949. The molecule has 0 N–H and O–H groups in total. The minimum absolute atomic E-state index is 0.101. The number of aromatic nitrogens is 2. The fraction of sp³-hybridized carbons (Fsp3) is 0.560. The number of nitrogens with zero attached hydrogens (tertiary/aromatic N) is 4. The zero-order valence-corrected chi connectivity index (χ0v) is 21.3. The van der Waals surface area contributed by atoms with Crippen LogP contribution in [0.4, 0.5) is 11.8 Å². The van der Waals surface area contributed by atoms with Gasteiger partial charge in [0, 0.05) is 51.7 Å². The molecule has 0 amide bonds. The molecule has 8 heteroatoms. The molecule has 0 spiro atoms. The Morgan fingerprint density at radius 1 is 1.33 bits per heavy atom. The molecule has 2 aromatic rings. The number of anilines is 2. The lowest BCUT2D eigenvalue weighted by atomic mass is 9.96. The molecule has 7 nitrogen and oxygen atoms in total. The summed E-state index contributed by atoms with van der Waals surface area (Å²) >= 11 is 3.63. The molecule has 1 unspecified atom stereocenters. The third-order valence-corrected chi connectivity index (χ3v) is 6.96. The minimum atomic E-state index is 0.101. The highest BCUT2D eigenvalue weighted by Gasteiger charge is 2.27. The quantitative estimate of drug-likeness (QED) is 0.487. The second kappa shape index (κ2) is 10.8. The summed E-state index contributed by atoms with van der Waals surface area (Å²) in [6, 6.07) is 8.15. The first-order valence-electron chi connectivity index (χ1n) is 11.7. The minimum Gasteiger partial charge on any atom is -0.489 e. The number of carbonyl (C=O) groups excluding carboxylic acids is 1. The maximum Gasteiger partial charge on any atom is 0.227 e. The maximum absolute atomic E-state index is 11.4. The summed E-state index contributed by atoms with van der Waals surface area (Å²) in [7, 11) is 2.04. The van der Waals surface area contributed by atoms with E-state index in [0.29, 0.717) is 12.3 Å². The predicted molar refractivity (Wildman–Crippen MR) is 133 cm³/mol. The normalized spacial score (nSPS) is 21.3. The third-order valence-electron chi connectivity index (χ3n) is 6.40. The molecule has 4 rings (SSSR count). The monoisotopic (exact) mass is 516 g/mol. The highest BCUT2D eigenvalue weighted by molar-refractivity contribution is 9.10. The average Bonchev–Trinajstić information content (AvgIpc) is 3.46. The van der Waals surface area contributed by atoms with Gasteiger partial charge in [-0.2, -0.15) is 4.98 Å². The molecule has 0 aliphatic carbocycles. The van der Waals surface area contributed by atoms with E-state index in [0.717, 1.165) is 73.2 Å². The topological polar surface area (TPSA) is 67.8 Å². The van der Waals surface area contributed by atoms with Gasteiger partial charge in [0.15, 0.2) is 0 Å². The summed E-state index contributed by atoms with van der Waals surface area (Å²) in [4.78, 5) is 25.2. The van der Waals surface area contributed by atoms with E-state index in [4.69, 9.17) is 14.5 Å². The molecular formula is C25H33BrN4O3. The third kappa shape index (κ3) is 6.23. The standard InChI is InChI=1S/C25H33BrN4O3/c1-17(12-18(2)31)20-4-6-21(7-5-20)33-22-8-10-30(15-22)24-23(26)13-27-25(28-24)29(3)14-19-9-11-32-16-19/h4-7,13,17,19,22H,8-12,14-16H2,1-3H3/t17-,19?,22-/m1/s1. The number of halogens is 1. The maximum atomic E-state index is 11.4. The van der Waals surface area contributed by atoms with E-state index in [2.05, 4.69) is 49.8 Å². The molecule has 0 saturated carbocycles. The molecule has 0 radical (unpaired) electrons. The van der Waals surface area contributed by atoms with Crippen LogP contribution in [0.1, 0.15) is 44.6 Å². The van der Waals surface area contributed by atoms with Crippen molar-refractivity contribution in [1.82, 2.24) is 9.97 Å². The number of benzene rings is 1. The van der Waals surface area contributed by atoms with Crippen molar-refractivity contribution in [3.63, 3.8) is 0 Å². The van der Waals surface area contributed by atoms with Crippen LogP contribution in [0.2, 0.25) is 0 Å². The number of rotatable bonds is 9. The van der Waals surface area contributed by atoms with Gasteiger partial charge in [0.25, 0.3) is 0 Å². The molecule has 3 heterocycles. The lowest BCUT2D eigenvalue weighted by Gasteiger charge is -2.24. The fourth-order valence-electron chi connectivity index (χ4n) is 4.58. The van der Waals surface area contributed by atoms with Gasteiger partial charge in [0.1, 0.15) is 23.5 Å². The Morgan fingerprint density at radius 2 is 2.12 bits per heavy atom. The average molecular weight is 517 g/mol. The highest BCUT2D eigenvalue weighted by Crippen LogP contribution is 2.30. The first-order valence-corrected chi connectivity index (χ1v) is 12.5. The molecule has 2 aliphatic rings. The Morgan fingerprint density at radius 3 is 2.82 bits per heavy atom. The number of hydrogen-bond acceptors (Lipinski definition) is 7. The number of hydrogen-bond donors (Lipinski definition) is 0. The number of carbonyl (C=O) groups is 1. The van der Waals surface area contributed by atoms with E-state index < -0.39 is 0 Å². The molecule has 2 aliphatic heterocycles. The molecule has 33 heavy (non-hydrogen) atoms. The van der Waals surface area contributed by atoms with E-state index in [9.17, 15) is 4.79 Å². The lowest BCUT2D eigenvalue weighted by Crippen LogP contribution is -2.29. The SMILES string of the molecule is CC(=O)C[C@@H](C)c1ccc(O[C@@H]2CCN(c3nc(N(C)CC4CCOC4)ncc3Br)C2)cc1. The van der Waals surface area contributed by atoms with E-state index >= 15 is 0 Å². The second-order valence-corrected chi connectivity index (χ2v) is 10.2. The van der Waals surface area contributed by atoms with E-state index in [1.54, 1.807) is 6.92 Å². The molecular weight excluding hydrogens is 484 g/mol. The van der Waals surface area contributed by atoms with Crippen molar-refractivity contribution in [3.8, 4) is 5.75 Å². The van der Waals surface area contributed by atoms with Crippen molar-refractivity contribution < 1.29 is 14.3 Å². The van der Waals surface area contributed by atoms with Crippen LogP contribution in [-0.4, -0.2) is 61.8 Å². The van der Waals surface area contributed by atoms with Gasteiger partial charge in [-0.05, 0) is 52.9 Å². The summed E-state index contributed by atoms with van der Waals surface area (Å²) in [5, 5.41) is 0. The van der Waals surface area contributed by atoms with Gasteiger partial charge in [0.05, 0.1) is 17.6 Å². The van der Waals surface area contributed by atoms with Crippen LogP contribution < -0.4 is 14.5 Å². The molecule has 1 aromatic heterocycles. The zero-order valence-electron chi connectivity index (χ0n) is 19.7. The van der Waals surface area contributed by atoms with Crippen molar-refractivity contribution in [2.75, 3.05) is 49.7 Å². The number of Topliss-reactive ketones (excluding diaryl/α,β-unsaturated/α-hetero) is 1. The number of ketones is 1. The summed E-state index contributed by atoms with van der Waals surface area (Å²) in [5.74, 6) is 3.48. The highest BCUT2D eigenvalue weighted by atomic mass is 79.9. The smallest absolute Gasteiger partial charge is 0.227 e. The Kier molecular flexibility index (Phi) is 7.86. The van der Waals surface area contributed by atoms with Gasteiger partial charge in [0.2, 0.25) is 5.95 Å². The van der Waals surface area contributed by atoms with Gasteiger partial charge >= 0.3 is 0 Å². The second-order valence-electron chi connectivity index (χ2n) is 9.30. The van der Waals surface area contributed by atoms with Crippen LogP contribution >= 0.6 is 15.9 Å². The van der Waals surface area contributed by atoms with Crippen LogP contribution in [0, 0.1) is 5.92 Å². The zero-order chi connectivity index (χ0) is 23.4.